The lowest BCUT2D eigenvalue weighted by molar-refractivity contribution is -0.136. The molecule has 1 amide bonds. The summed E-state index contributed by atoms with van der Waals surface area (Å²) in [7, 11) is 2.09. The van der Waals surface area contributed by atoms with Crippen LogP contribution in [0, 0.1) is 0 Å². The van der Waals surface area contributed by atoms with Gasteiger partial charge in [0.2, 0.25) is 5.91 Å². The van der Waals surface area contributed by atoms with Gasteiger partial charge in [-0.1, -0.05) is 0 Å². The largest absolute Gasteiger partial charge is 0.337 e. The number of likely N-dealkylation sites (N-methyl/N-ethyl adjacent to an activating group) is 1. The zero-order chi connectivity index (χ0) is 14.4. The van der Waals surface area contributed by atoms with E-state index in [1.807, 2.05) is 4.90 Å². The number of rotatable bonds is 5. The third kappa shape index (κ3) is 5.11. The van der Waals surface area contributed by atoms with Crippen LogP contribution in [-0.2, 0) is 4.79 Å². The van der Waals surface area contributed by atoms with Gasteiger partial charge in [0.15, 0.2) is 0 Å². The molecule has 4 heteroatoms. The molecule has 0 aromatic heterocycles. The first kappa shape index (κ1) is 16.4. The van der Waals surface area contributed by atoms with Gasteiger partial charge in [0.1, 0.15) is 0 Å². The van der Waals surface area contributed by atoms with E-state index in [-0.39, 0.29) is 18.0 Å². The van der Waals surface area contributed by atoms with Gasteiger partial charge in [0, 0.05) is 18.1 Å². The van der Waals surface area contributed by atoms with Crippen molar-refractivity contribution in [2.75, 3.05) is 26.7 Å². The first-order chi connectivity index (χ1) is 8.93. The van der Waals surface area contributed by atoms with Crippen molar-refractivity contribution in [3.05, 3.63) is 0 Å². The maximum Gasteiger partial charge on any atom is 0.237 e. The minimum absolute atomic E-state index is 0.254. The van der Waals surface area contributed by atoms with Crippen LogP contribution in [0.5, 0.6) is 0 Å². The lowest BCUT2D eigenvalue weighted by Crippen LogP contribution is -2.48. The summed E-state index contributed by atoms with van der Waals surface area (Å²) < 4.78 is 0. The van der Waals surface area contributed by atoms with Crippen LogP contribution in [0.4, 0.5) is 0 Å². The summed E-state index contributed by atoms with van der Waals surface area (Å²) in [6, 6.07) is 1.09. The van der Waals surface area contributed by atoms with E-state index in [1.165, 1.54) is 12.8 Å². The molecule has 1 heterocycles. The van der Waals surface area contributed by atoms with Crippen molar-refractivity contribution >= 4 is 5.91 Å². The van der Waals surface area contributed by atoms with Crippen LogP contribution in [0.3, 0.4) is 0 Å². The monoisotopic (exact) mass is 269 g/mol. The Morgan fingerprint density at radius 1 is 1.16 bits per heavy atom. The molecule has 4 nitrogen and oxygen atoms in total. The van der Waals surface area contributed by atoms with E-state index in [0.29, 0.717) is 12.6 Å². The van der Waals surface area contributed by atoms with Gasteiger partial charge in [-0.05, 0) is 67.1 Å². The van der Waals surface area contributed by atoms with E-state index >= 15 is 0 Å². The molecule has 1 N–H and O–H groups in total. The minimum atomic E-state index is 0.254. The number of nitrogens with one attached hydrogen (secondary N) is 1. The third-order valence-corrected chi connectivity index (χ3v) is 3.95. The van der Waals surface area contributed by atoms with Gasteiger partial charge in [-0.3, -0.25) is 9.69 Å². The Labute approximate surface area is 118 Å². The Bertz CT molecular complexity index is 263. The summed E-state index contributed by atoms with van der Waals surface area (Å²) in [6.07, 6.45) is 3.55. The fourth-order valence-corrected chi connectivity index (χ4v) is 3.04. The molecule has 0 bridgehead atoms. The summed E-state index contributed by atoms with van der Waals surface area (Å²) >= 11 is 0. The zero-order valence-electron chi connectivity index (χ0n) is 13.3. The third-order valence-electron chi connectivity index (χ3n) is 3.95. The summed E-state index contributed by atoms with van der Waals surface area (Å²) in [6.45, 7) is 11.1. The van der Waals surface area contributed by atoms with Gasteiger partial charge in [-0.2, -0.15) is 0 Å². The van der Waals surface area contributed by atoms with Crippen molar-refractivity contribution in [1.82, 2.24) is 15.1 Å². The van der Waals surface area contributed by atoms with E-state index in [0.717, 1.165) is 19.5 Å². The van der Waals surface area contributed by atoms with E-state index in [1.54, 1.807) is 0 Å². The molecule has 19 heavy (non-hydrogen) atoms. The van der Waals surface area contributed by atoms with Gasteiger partial charge in [0.25, 0.3) is 0 Å². The van der Waals surface area contributed by atoms with Crippen LogP contribution in [0.1, 0.15) is 47.0 Å². The van der Waals surface area contributed by atoms with Gasteiger partial charge in [-0.25, -0.2) is 0 Å². The van der Waals surface area contributed by atoms with Crippen molar-refractivity contribution in [1.29, 1.82) is 0 Å². The van der Waals surface area contributed by atoms with E-state index in [4.69, 9.17) is 0 Å². The first-order valence-corrected chi connectivity index (χ1v) is 7.65. The summed E-state index contributed by atoms with van der Waals surface area (Å²) in [5, 5.41) is 3.42. The molecule has 1 aliphatic rings. The molecule has 112 valence electrons. The molecule has 1 unspecified atom stereocenters. The van der Waals surface area contributed by atoms with Crippen LogP contribution in [-0.4, -0.2) is 60.5 Å². The maximum atomic E-state index is 12.4. The fraction of sp³-hybridized carbons (Fsp3) is 0.933. The van der Waals surface area contributed by atoms with Gasteiger partial charge in [-0.15, -0.1) is 0 Å². The van der Waals surface area contributed by atoms with Crippen LogP contribution in [0.2, 0.25) is 0 Å². The number of nitrogens with zero attached hydrogens (tertiary/aromatic N) is 2. The normalized spacial score (nSPS) is 20.9. The van der Waals surface area contributed by atoms with Crippen LogP contribution < -0.4 is 5.32 Å². The van der Waals surface area contributed by atoms with Crippen molar-refractivity contribution in [3.8, 4) is 0 Å². The highest BCUT2D eigenvalue weighted by Gasteiger charge is 2.24. The number of amides is 1. The molecule has 1 atom stereocenters. The molecule has 0 aromatic carbocycles. The summed E-state index contributed by atoms with van der Waals surface area (Å²) in [5.41, 5.74) is 0. The number of carbonyl (C=O) groups is 1. The number of hydrogen-bond donors (Lipinski definition) is 1. The number of hydrogen-bond acceptors (Lipinski definition) is 3. The van der Waals surface area contributed by atoms with Gasteiger partial charge in [0.05, 0.1) is 6.54 Å². The molecular formula is C15H31N3O. The summed E-state index contributed by atoms with van der Waals surface area (Å²) in [4.78, 5) is 16.7. The molecular weight excluding hydrogens is 238 g/mol. The Morgan fingerprint density at radius 2 is 1.79 bits per heavy atom. The highest BCUT2D eigenvalue weighted by molar-refractivity contribution is 5.78. The van der Waals surface area contributed by atoms with Gasteiger partial charge < -0.3 is 10.2 Å². The Kier molecular flexibility index (Phi) is 6.80. The quantitative estimate of drug-likeness (QED) is 0.825. The average molecular weight is 269 g/mol. The second kappa shape index (κ2) is 7.85. The van der Waals surface area contributed by atoms with Gasteiger partial charge >= 0.3 is 0 Å². The SMILES string of the molecule is CC(C)N(C(=O)CN(C)C1CCCNCC1)C(C)C. The highest BCUT2D eigenvalue weighted by atomic mass is 16.2. The lowest BCUT2D eigenvalue weighted by Gasteiger charge is -2.34. The Morgan fingerprint density at radius 3 is 2.37 bits per heavy atom. The van der Waals surface area contributed by atoms with Crippen LogP contribution in [0.25, 0.3) is 0 Å². The lowest BCUT2D eigenvalue weighted by atomic mass is 10.1. The molecule has 0 spiro atoms. The highest BCUT2D eigenvalue weighted by Crippen LogP contribution is 2.13. The van der Waals surface area contributed by atoms with Crippen molar-refractivity contribution in [3.63, 3.8) is 0 Å². The van der Waals surface area contributed by atoms with Crippen LogP contribution in [0.15, 0.2) is 0 Å². The minimum Gasteiger partial charge on any atom is -0.337 e. The average Bonchev–Trinajstić information content (AvgIpc) is 2.55. The van der Waals surface area contributed by atoms with E-state index in [9.17, 15) is 4.79 Å². The molecule has 1 aliphatic heterocycles. The zero-order valence-corrected chi connectivity index (χ0v) is 13.3. The second-order valence-electron chi connectivity index (χ2n) is 6.24. The summed E-state index contributed by atoms with van der Waals surface area (Å²) in [5.74, 6) is 0.254. The second-order valence-corrected chi connectivity index (χ2v) is 6.24. The number of carbonyl (C=O) groups excluding carboxylic acids is 1. The van der Waals surface area contributed by atoms with E-state index in [2.05, 4.69) is 45.0 Å². The van der Waals surface area contributed by atoms with Crippen molar-refractivity contribution < 1.29 is 4.79 Å². The Hall–Kier alpha value is -0.610. The van der Waals surface area contributed by atoms with E-state index < -0.39 is 0 Å². The van der Waals surface area contributed by atoms with Crippen molar-refractivity contribution in [2.45, 2.75) is 65.1 Å². The molecule has 1 fully saturated rings. The predicted molar refractivity (Wildman–Crippen MR) is 80.3 cm³/mol. The smallest absolute Gasteiger partial charge is 0.237 e. The predicted octanol–water partition coefficient (Wildman–Crippen LogP) is 1.71. The van der Waals surface area contributed by atoms with Crippen LogP contribution >= 0.6 is 0 Å². The molecule has 1 saturated heterocycles. The standard InChI is InChI=1S/C15H31N3O/c1-12(2)18(13(3)4)15(19)11-17(5)14-7-6-9-16-10-8-14/h12-14,16H,6-11H2,1-5H3. The molecule has 0 aliphatic carbocycles. The molecule has 1 rings (SSSR count). The maximum absolute atomic E-state index is 12.4. The topological polar surface area (TPSA) is 35.6 Å². The van der Waals surface area contributed by atoms with Crippen molar-refractivity contribution in [2.24, 2.45) is 0 Å². The molecule has 0 saturated carbocycles. The first-order valence-electron chi connectivity index (χ1n) is 7.65. The molecule has 0 aromatic rings. The Balaban J connectivity index is 2.53. The molecule has 0 radical (unpaired) electrons. The fourth-order valence-electron chi connectivity index (χ4n) is 3.04.